The van der Waals surface area contributed by atoms with Gasteiger partial charge in [-0.05, 0) is 35.3 Å². The van der Waals surface area contributed by atoms with E-state index >= 15 is 0 Å². The van der Waals surface area contributed by atoms with Gasteiger partial charge in [0, 0.05) is 18.8 Å². The average Bonchev–Trinajstić information content (AvgIpc) is 2.77. The van der Waals surface area contributed by atoms with E-state index in [9.17, 15) is 9.59 Å². The Morgan fingerprint density at radius 1 is 1.38 bits per heavy atom. The first-order valence-corrected chi connectivity index (χ1v) is 7.45. The zero-order chi connectivity index (χ0) is 15.6. The second kappa shape index (κ2) is 6.26. The normalized spacial score (nSPS) is 10.8. The van der Waals surface area contributed by atoms with Crippen molar-refractivity contribution in [2.45, 2.75) is 33.4 Å². The number of rotatable bonds is 5. The molecule has 0 aliphatic carbocycles. The molecular formula is C14H16BrN3O3. The number of aryl methyl sites for hydroxylation is 2. The number of carbonyl (C=O) groups is 1. The monoisotopic (exact) mass is 353 g/mol. The number of hydrogen-bond acceptors (Lipinski definition) is 3. The van der Waals surface area contributed by atoms with E-state index in [1.165, 1.54) is 22.9 Å². The van der Waals surface area contributed by atoms with Crippen LogP contribution in [-0.2, 0) is 19.5 Å². The molecule has 7 heteroatoms. The lowest BCUT2D eigenvalue weighted by atomic mass is 10.2. The van der Waals surface area contributed by atoms with Gasteiger partial charge in [-0.15, -0.1) is 0 Å². The number of carboxylic acid groups (broad SMARTS) is 1. The van der Waals surface area contributed by atoms with Crippen LogP contribution in [0.1, 0.15) is 35.6 Å². The Hall–Kier alpha value is -1.89. The molecule has 0 radical (unpaired) electrons. The van der Waals surface area contributed by atoms with E-state index in [0.717, 1.165) is 22.3 Å². The van der Waals surface area contributed by atoms with Crippen molar-refractivity contribution in [1.82, 2.24) is 14.3 Å². The Bertz CT molecular complexity index is 734. The van der Waals surface area contributed by atoms with Gasteiger partial charge in [-0.3, -0.25) is 9.48 Å². The van der Waals surface area contributed by atoms with Crippen molar-refractivity contribution in [2.75, 3.05) is 0 Å². The SMILES string of the molecule is CCc1nn(CC)c(Cn2cc(C(=O)O)ccc2=O)c1Br. The van der Waals surface area contributed by atoms with E-state index in [4.69, 9.17) is 5.11 Å². The molecule has 0 unspecified atom stereocenters. The molecule has 0 spiro atoms. The molecule has 6 nitrogen and oxygen atoms in total. The highest BCUT2D eigenvalue weighted by molar-refractivity contribution is 9.10. The first-order chi connectivity index (χ1) is 9.97. The van der Waals surface area contributed by atoms with Crippen LogP contribution >= 0.6 is 15.9 Å². The van der Waals surface area contributed by atoms with Gasteiger partial charge < -0.3 is 9.67 Å². The van der Waals surface area contributed by atoms with Gasteiger partial charge in [0.05, 0.1) is 28.0 Å². The van der Waals surface area contributed by atoms with Crippen molar-refractivity contribution >= 4 is 21.9 Å². The van der Waals surface area contributed by atoms with Crippen molar-refractivity contribution < 1.29 is 9.90 Å². The van der Waals surface area contributed by atoms with E-state index in [1.807, 2.05) is 18.5 Å². The number of aromatic carboxylic acids is 1. The largest absolute Gasteiger partial charge is 0.478 e. The van der Waals surface area contributed by atoms with Crippen LogP contribution in [0.25, 0.3) is 0 Å². The van der Waals surface area contributed by atoms with E-state index < -0.39 is 5.97 Å². The molecule has 21 heavy (non-hydrogen) atoms. The van der Waals surface area contributed by atoms with Crippen LogP contribution < -0.4 is 5.56 Å². The number of nitrogens with zero attached hydrogens (tertiary/aromatic N) is 3. The molecule has 112 valence electrons. The number of pyridine rings is 1. The van der Waals surface area contributed by atoms with Gasteiger partial charge in [0.15, 0.2) is 0 Å². The first-order valence-electron chi connectivity index (χ1n) is 6.65. The van der Waals surface area contributed by atoms with E-state index in [1.54, 1.807) is 0 Å². The van der Waals surface area contributed by atoms with Gasteiger partial charge >= 0.3 is 5.97 Å². The van der Waals surface area contributed by atoms with Gasteiger partial charge in [-0.2, -0.15) is 5.10 Å². The third-order valence-electron chi connectivity index (χ3n) is 3.24. The summed E-state index contributed by atoms with van der Waals surface area (Å²) in [5, 5.41) is 13.5. The van der Waals surface area contributed by atoms with Gasteiger partial charge in [0.25, 0.3) is 5.56 Å². The maximum atomic E-state index is 11.9. The summed E-state index contributed by atoms with van der Waals surface area (Å²) in [5.41, 5.74) is 1.63. The quantitative estimate of drug-likeness (QED) is 0.893. The minimum absolute atomic E-state index is 0.0870. The molecule has 0 atom stereocenters. The summed E-state index contributed by atoms with van der Waals surface area (Å²) in [4.78, 5) is 22.9. The van der Waals surface area contributed by atoms with Gasteiger partial charge in [-0.1, -0.05) is 6.92 Å². The Balaban J connectivity index is 2.47. The Morgan fingerprint density at radius 2 is 2.10 bits per heavy atom. The predicted molar refractivity (Wildman–Crippen MR) is 81.7 cm³/mol. The minimum atomic E-state index is -1.05. The fourth-order valence-electron chi connectivity index (χ4n) is 2.11. The average molecular weight is 354 g/mol. The molecule has 2 aromatic heterocycles. The predicted octanol–water partition coefficient (Wildman–Crippen LogP) is 2.14. The molecule has 0 saturated heterocycles. The highest BCUT2D eigenvalue weighted by Crippen LogP contribution is 2.22. The van der Waals surface area contributed by atoms with Gasteiger partial charge in [-0.25, -0.2) is 4.79 Å². The smallest absolute Gasteiger partial charge is 0.337 e. The van der Waals surface area contributed by atoms with Crippen molar-refractivity contribution in [3.05, 3.63) is 50.1 Å². The van der Waals surface area contributed by atoms with Crippen molar-refractivity contribution in [2.24, 2.45) is 0 Å². The lowest BCUT2D eigenvalue weighted by molar-refractivity contribution is 0.0696. The molecule has 0 amide bonds. The van der Waals surface area contributed by atoms with Crippen LogP contribution in [-0.4, -0.2) is 25.4 Å². The second-order valence-electron chi connectivity index (χ2n) is 4.57. The van der Waals surface area contributed by atoms with Gasteiger partial charge in [0.1, 0.15) is 0 Å². The molecule has 0 aromatic carbocycles. The van der Waals surface area contributed by atoms with E-state index in [0.29, 0.717) is 6.54 Å². The number of hydrogen-bond donors (Lipinski definition) is 1. The standard InChI is InChI=1S/C14H16BrN3O3/c1-3-10-13(15)11(18(4-2)16-10)8-17-7-9(14(20)21)5-6-12(17)19/h5-7H,3-4,8H2,1-2H3,(H,20,21). The topological polar surface area (TPSA) is 77.1 Å². The molecule has 0 bridgehead atoms. The number of carboxylic acids is 1. The maximum absolute atomic E-state index is 11.9. The highest BCUT2D eigenvalue weighted by Gasteiger charge is 2.15. The lowest BCUT2D eigenvalue weighted by Gasteiger charge is -2.09. The molecule has 2 heterocycles. The maximum Gasteiger partial charge on any atom is 0.337 e. The molecule has 0 aliphatic heterocycles. The molecular weight excluding hydrogens is 338 g/mol. The Kier molecular flexibility index (Phi) is 4.62. The Morgan fingerprint density at radius 3 is 2.67 bits per heavy atom. The molecule has 1 N–H and O–H groups in total. The second-order valence-corrected chi connectivity index (χ2v) is 5.36. The summed E-state index contributed by atoms with van der Waals surface area (Å²) in [6.45, 7) is 4.94. The first kappa shape index (κ1) is 15.5. The van der Waals surface area contributed by atoms with Crippen LogP contribution in [0.5, 0.6) is 0 Å². The van der Waals surface area contributed by atoms with E-state index in [-0.39, 0.29) is 17.7 Å². The minimum Gasteiger partial charge on any atom is -0.478 e. The van der Waals surface area contributed by atoms with Crippen molar-refractivity contribution in [3.63, 3.8) is 0 Å². The zero-order valence-electron chi connectivity index (χ0n) is 11.8. The third-order valence-corrected chi connectivity index (χ3v) is 4.16. The fourth-order valence-corrected chi connectivity index (χ4v) is 2.80. The summed E-state index contributed by atoms with van der Waals surface area (Å²) >= 11 is 3.52. The zero-order valence-corrected chi connectivity index (χ0v) is 13.4. The van der Waals surface area contributed by atoms with Crippen LogP contribution in [0.3, 0.4) is 0 Å². The summed E-state index contributed by atoms with van der Waals surface area (Å²) in [5.74, 6) is -1.05. The van der Waals surface area contributed by atoms with Crippen LogP contribution in [0.4, 0.5) is 0 Å². The summed E-state index contributed by atoms with van der Waals surface area (Å²) in [6.07, 6.45) is 2.14. The third kappa shape index (κ3) is 3.07. The fraction of sp³-hybridized carbons (Fsp3) is 0.357. The summed E-state index contributed by atoms with van der Waals surface area (Å²) < 4.78 is 4.08. The van der Waals surface area contributed by atoms with Crippen molar-refractivity contribution in [1.29, 1.82) is 0 Å². The summed E-state index contributed by atoms with van der Waals surface area (Å²) in [6, 6.07) is 2.58. The van der Waals surface area contributed by atoms with Crippen LogP contribution in [0.2, 0.25) is 0 Å². The lowest BCUT2D eigenvalue weighted by Crippen LogP contribution is -2.22. The highest BCUT2D eigenvalue weighted by atomic mass is 79.9. The summed E-state index contributed by atoms with van der Waals surface area (Å²) in [7, 11) is 0. The molecule has 0 saturated carbocycles. The Labute approximate surface area is 130 Å². The molecule has 0 aliphatic rings. The van der Waals surface area contributed by atoms with Gasteiger partial charge in [0.2, 0.25) is 0 Å². The molecule has 0 fully saturated rings. The number of aromatic nitrogens is 3. The molecule has 2 aromatic rings. The van der Waals surface area contributed by atoms with E-state index in [2.05, 4.69) is 21.0 Å². The number of halogens is 1. The van der Waals surface area contributed by atoms with Crippen LogP contribution in [0, 0.1) is 0 Å². The van der Waals surface area contributed by atoms with Crippen LogP contribution in [0.15, 0.2) is 27.6 Å². The molecule has 2 rings (SSSR count). The van der Waals surface area contributed by atoms with Crippen molar-refractivity contribution in [3.8, 4) is 0 Å².